The van der Waals surface area contributed by atoms with Gasteiger partial charge in [0.15, 0.2) is 0 Å². The van der Waals surface area contributed by atoms with E-state index in [4.69, 9.17) is 6.42 Å². The van der Waals surface area contributed by atoms with E-state index in [0.717, 1.165) is 0 Å². The molecule has 0 unspecified atom stereocenters. The molecule has 0 spiro atoms. The average molecular weight is 165 g/mol. The van der Waals surface area contributed by atoms with E-state index in [2.05, 4.69) is 20.7 Å². The quantitative estimate of drug-likeness (QED) is 0.351. The van der Waals surface area contributed by atoms with Gasteiger partial charge in [-0.3, -0.25) is 4.84 Å². The number of hydrogen-bond donors (Lipinski definition) is 0. The molecular weight excluding hydrogens is 162 g/mol. The standard InChI is InChI=1S/C6H3N3O3/c1-2-5-7-4-3-6(8-5)12-9(10)11/h1,3-4H. The van der Waals surface area contributed by atoms with Gasteiger partial charge in [0, 0.05) is 12.3 Å². The van der Waals surface area contributed by atoms with Crippen LogP contribution in [0.15, 0.2) is 12.3 Å². The van der Waals surface area contributed by atoms with Crippen LogP contribution in [-0.4, -0.2) is 15.1 Å². The Kier molecular flexibility index (Phi) is 2.18. The van der Waals surface area contributed by atoms with Crippen molar-refractivity contribution in [3.63, 3.8) is 0 Å². The van der Waals surface area contributed by atoms with E-state index in [1.54, 1.807) is 0 Å². The molecule has 0 N–H and O–H groups in total. The minimum Gasteiger partial charge on any atom is -0.256 e. The number of terminal acetylenes is 1. The molecule has 0 amide bonds. The first kappa shape index (κ1) is 7.94. The van der Waals surface area contributed by atoms with Gasteiger partial charge in [-0.1, -0.05) is 0 Å². The van der Waals surface area contributed by atoms with E-state index in [0.29, 0.717) is 0 Å². The molecule has 6 nitrogen and oxygen atoms in total. The van der Waals surface area contributed by atoms with Gasteiger partial charge in [0.1, 0.15) is 0 Å². The third kappa shape index (κ3) is 1.91. The molecule has 0 bridgehead atoms. The van der Waals surface area contributed by atoms with Crippen molar-refractivity contribution in [1.29, 1.82) is 0 Å². The van der Waals surface area contributed by atoms with Crippen LogP contribution >= 0.6 is 0 Å². The van der Waals surface area contributed by atoms with Crippen LogP contribution in [0.25, 0.3) is 0 Å². The minimum absolute atomic E-state index is 0.0503. The molecule has 0 atom stereocenters. The van der Waals surface area contributed by atoms with Crippen LogP contribution in [0.1, 0.15) is 5.82 Å². The Hall–Kier alpha value is -2.16. The fourth-order valence-corrected chi connectivity index (χ4v) is 0.539. The lowest BCUT2D eigenvalue weighted by atomic mass is 10.5. The summed E-state index contributed by atoms with van der Waals surface area (Å²) in [4.78, 5) is 21.0. The molecule has 1 aromatic rings. The van der Waals surface area contributed by atoms with E-state index in [1.165, 1.54) is 12.3 Å². The molecule has 0 aliphatic heterocycles. The number of hydrogen-bond acceptors (Lipinski definition) is 5. The highest BCUT2D eigenvalue weighted by molar-refractivity contribution is 5.19. The summed E-state index contributed by atoms with van der Waals surface area (Å²) >= 11 is 0. The lowest BCUT2D eigenvalue weighted by molar-refractivity contribution is -0.712. The Labute approximate surface area is 67.3 Å². The van der Waals surface area contributed by atoms with Crippen molar-refractivity contribution in [2.24, 2.45) is 0 Å². The molecule has 0 aliphatic carbocycles. The van der Waals surface area contributed by atoms with Crippen LogP contribution in [0, 0.1) is 22.5 Å². The maximum Gasteiger partial charge on any atom is 0.301 e. The Morgan fingerprint density at radius 1 is 1.75 bits per heavy atom. The van der Waals surface area contributed by atoms with Gasteiger partial charge in [0.25, 0.3) is 0 Å². The van der Waals surface area contributed by atoms with Gasteiger partial charge in [-0.25, -0.2) is 4.98 Å². The molecule has 1 aromatic heterocycles. The van der Waals surface area contributed by atoms with Gasteiger partial charge < -0.3 is 0 Å². The van der Waals surface area contributed by atoms with E-state index in [1.807, 2.05) is 0 Å². The van der Waals surface area contributed by atoms with Crippen LogP contribution < -0.4 is 4.84 Å². The molecule has 6 heteroatoms. The fourth-order valence-electron chi connectivity index (χ4n) is 0.539. The Morgan fingerprint density at radius 3 is 3.08 bits per heavy atom. The van der Waals surface area contributed by atoms with Crippen LogP contribution in [0.5, 0.6) is 5.88 Å². The van der Waals surface area contributed by atoms with Crippen LogP contribution in [0.2, 0.25) is 0 Å². The molecule has 0 fully saturated rings. The molecule has 0 saturated carbocycles. The molecule has 0 aromatic carbocycles. The zero-order valence-electron chi connectivity index (χ0n) is 5.80. The van der Waals surface area contributed by atoms with E-state index in [9.17, 15) is 10.1 Å². The van der Waals surface area contributed by atoms with Crippen molar-refractivity contribution in [3.05, 3.63) is 28.2 Å². The van der Waals surface area contributed by atoms with Gasteiger partial charge in [-0.2, -0.15) is 4.98 Å². The third-order valence-electron chi connectivity index (χ3n) is 0.927. The van der Waals surface area contributed by atoms with E-state index in [-0.39, 0.29) is 11.7 Å². The second kappa shape index (κ2) is 3.30. The summed E-state index contributed by atoms with van der Waals surface area (Å²) in [6.45, 7) is 0. The van der Waals surface area contributed by atoms with Crippen molar-refractivity contribution >= 4 is 0 Å². The smallest absolute Gasteiger partial charge is 0.256 e. The van der Waals surface area contributed by atoms with Crippen LogP contribution in [0.3, 0.4) is 0 Å². The topological polar surface area (TPSA) is 78.2 Å². The molecule has 60 valence electrons. The monoisotopic (exact) mass is 165 g/mol. The third-order valence-corrected chi connectivity index (χ3v) is 0.927. The predicted molar refractivity (Wildman–Crippen MR) is 37.6 cm³/mol. The molecule has 0 radical (unpaired) electrons. The molecule has 12 heavy (non-hydrogen) atoms. The Morgan fingerprint density at radius 2 is 2.50 bits per heavy atom. The summed E-state index contributed by atoms with van der Waals surface area (Å²) in [5, 5.41) is 8.87. The summed E-state index contributed by atoms with van der Waals surface area (Å²) in [5.74, 6) is 1.99. The first-order chi connectivity index (χ1) is 5.72. The fraction of sp³-hybridized carbons (Fsp3) is 0. The normalized spacial score (nSPS) is 8.58. The van der Waals surface area contributed by atoms with Crippen LogP contribution in [-0.2, 0) is 0 Å². The van der Waals surface area contributed by atoms with E-state index < -0.39 is 5.09 Å². The van der Waals surface area contributed by atoms with E-state index >= 15 is 0 Å². The average Bonchev–Trinajstić information content (AvgIpc) is 2.03. The first-order valence-corrected chi connectivity index (χ1v) is 2.84. The van der Waals surface area contributed by atoms with Gasteiger partial charge in [-0.05, 0) is 5.92 Å². The second-order valence-corrected chi connectivity index (χ2v) is 1.68. The van der Waals surface area contributed by atoms with Crippen LogP contribution in [0.4, 0.5) is 0 Å². The van der Waals surface area contributed by atoms with Gasteiger partial charge in [0.05, 0.1) is 0 Å². The van der Waals surface area contributed by atoms with Crippen molar-refractivity contribution in [2.75, 3.05) is 0 Å². The highest BCUT2D eigenvalue weighted by atomic mass is 17.0. The lowest BCUT2D eigenvalue weighted by Gasteiger charge is -1.95. The maximum atomic E-state index is 9.84. The van der Waals surface area contributed by atoms with Crippen molar-refractivity contribution in [2.45, 2.75) is 0 Å². The summed E-state index contributed by atoms with van der Waals surface area (Å²) < 4.78 is 0. The lowest BCUT2D eigenvalue weighted by Crippen LogP contribution is -2.05. The SMILES string of the molecule is C#Cc1nccc(O[N+](=O)[O-])n1. The number of aromatic nitrogens is 2. The van der Waals surface area contributed by atoms with Gasteiger partial charge >= 0.3 is 5.09 Å². The second-order valence-electron chi connectivity index (χ2n) is 1.68. The highest BCUT2D eigenvalue weighted by Crippen LogP contribution is 2.03. The zero-order valence-corrected chi connectivity index (χ0v) is 5.80. The molecular formula is C6H3N3O3. The zero-order chi connectivity index (χ0) is 8.97. The largest absolute Gasteiger partial charge is 0.301 e. The van der Waals surface area contributed by atoms with Crippen molar-refractivity contribution in [3.8, 4) is 18.2 Å². The maximum absolute atomic E-state index is 9.84. The van der Waals surface area contributed by atoms with Crippen molar-refractivity contribution < 1.29 is 9.92 Å². The minimum atomic E-state index is -0.970. The predicted octanol–water partition coefficient (Wildman–Crippen LogP) is 0.0284. The Bertz CT molecular complexity index is 344. The van der Waals surface area contributed by atoms with Gasteiger partial charge in [0.2, 0.25) is 11.7 Å². The molecule has 1 heterocycles. The van der Waals surface area contributed by atoms with Crippen molar-refractivity contribution in [1.82, 2.24) is 9.97 Å². The molecule has 1 rings (SSSR count). The summed E-state index contributed by atoms with van der Waals surface area (Å²) in [7, 11) is 0. The first-order valence-electron chi connectivity index (χ1n) is 2.84. The summed E-state index contributed by atoms with van der Waals surface area (Å²) in [6.07, 6.45) is 6.23. The summed E-state index contributed by atoms with van der Waals surface area (Å²) in [5.41, 5.74) is 0. The highest BCUT2D eigenvalue weighted by Gasteiger charge is 2.00. The van der Waals surface area contributed by atoms with Gasteiger partial charge in [-0.15, -0.1) is 16.5 Å². The number of nitrogens with zero attached hydrogens (tertiary/aromatic N) is 3. The number of rotatable bonds is 2. The molecule has 0 aliphatic rings. The Balaban J connectivity index is 2.88. The summed E-state index contributed by atoms with van der Waals surface area (Å²) in [6, 6.07) is 1.24. The molecule has 0 saturated heterocycles.